The Bertz CT molecular complexity index is 1100. The Morgan fingerprint density at radius 1 is 1.07 bits per heavy atom. The van der Waals surface area contributed by atoms with E-state index in [4.69, 9.17) is 10.8 Å². The molecular formula is C21H17N5OS. The van der Waals surface area contributed by atoms with E-state index in [1.54, 1.807) is 46.5 Å². The Morgan fingerprint density at radius 2 is 1.86 bits per heavy atom. The molecule has 0 spiro atoms. The highest BCUT2D eigenvalue weighted by Gasteiger charge is 2.12. The summed E-state index contributed by atoms with van der Waals surface area (Å²) < 4.78 is 1.80. The van der Waals surface area contributed by atoms with Crippen molar-refractivity contribution in [1.29, 1.82) is 0 Å². The minimum absolute atomic E-state index is 0.302. The summed E-state index contributed by atoms with van der Waals surface area (Å²) in [6, 6.07) is 20.5. The predicted octanol–water partition coefficient (Wildman–Crippen LogP) is 3.95. The number of nitrogens with one attached hydrogen (secondary N) is 1. The van der Waals surface area contributed by atoms with Gasteiger partial charge in [-0.3, -0.25) is 4.79 Å². The number of aromatic nitrogens is 2. The molecule has 4 rings (SSSR count). The Labute approximate surface area is 165 Å². The van der Waals surface area contributed by atoms with Gasteiger partial charge in [-0.05, 0) is 47.8 Å². The molecule has 0 bridgehead atoms. The fourth-order valence-corrected chi connectivity index (χ4v) is 3.39. The molecule has 0 saturated heterocycles. The molecule has 3 N–H and O–H groups in total. The van der Waals surface area contributed by atoms with Crippen molar-refractivity contribution in [2.45, 2.75) is 0 Å². The number of rotatable bonds is 5. The molecule has 0 fully saturated rings. The van der Waals surface area contributed by atoms with Crippen LogP contribution in [0.25, 0.3) is 16.3 Å². The van der Waals surface area contributed by atoms with E-state index < -0.39 is 0 Å². The molecule has 2 heterocycles. The molecule has 7 heteroatoms. The lowest BCUT2D eigenvalue weighted by atomic mass is 10.2. The fraction of sp³-hybridized carbons (Fsp3) is 0. The second-order valence-corrected chi connectivity index (χ2v) is 6.96. The highest BCUT2D eigenvalue weighted by atomic mass is 32.1. The van der Waals surface area contributed by atoms with E-state index in [0.29, 0.717) is 11.3 Å². The maximum absolute atomic E-state index is 12.2. The molecule has 1 amide bonds. The number of benzene rings is 2. The van der Waals surface area contributed by atoms with Crippen LogP contribution in [-0.2, 0) is 0 Å². The first-order chi connectivity index (χ1) is 13.7. The van der Waals surface area contributed by atoms with Gasteiger partial charge in [-0.2, -0.15) is 10.2 Å². The van der Waals surface area contributed by atoms with Crippen LogP contribution < -0.4 is 11.2 Å². The SMILES string of the molecule is Nc1ccc(C(=O)N/N=C/c2cn(-c3ccccc3)nc2-c2cccs2)cc1. The van der Waals surface area contributed by atoms with E-state index in [2.05, 4.69) is 10.5 Å². The van der Waals surface area contributed by atoms with Gasteiger partial charge in [-0.1, -0.05) is 24.3 Å². The van der Waals surface area contributed by atoms with Crippen LogP contribution in [0.4, 0.5) is 5.69 Å². The quantitative estimate of drug-likeness (QED) is 0.309. The number of hydrazone groups is 1. The first-order valence-electron chi connectivity index (χ1n) is 8.58. The Hall–Kier alpha value is -3.71. The summed E-state index contributed by atoms with van der Waals surface area (Å²) in [6.45, 7) is 0. The number of hydrogen-bond donors (Lipinski definition) is 2. The van der Waals surface area contributed by atoms with Crippen LogP contribution >= 0.6 is 11.3 Å². The zero-order chi connectivity index (χ0) is 19.3. The van der Waals surface area contributed by atoms with Crippen molar-refractivity contribution in [2.24, 2.45) is 5.10 Å². The molecule has 6 nitrogen and oxygen atoms in total. The predicted molar refractivity (Wildman–Crippen MR) is 113 cm³/mol. The summed E-state index contributed by atoms with van der Waals surface area (Å²) in [5, 5.41) is 10.8. The zero-order valence-electron chi connectivity index (χ0n) is 14.8. The van der Waals surface area contributed by atoms with Crippen LogP contribution in [0.3, 0.4) is 0 Å². The molecule has 0 radical (unpaired) electrons. The van der Waals surface area contributed by atoms with E-state index in [1.165, 1.54) is 0 Å². The van der Waals surface area contributed by atoms with Gasteiger partial charge >= 0.3 is 0 Å². The molecule has 2 aromatic carbocycles. The van der Waals surface area contributed by atoms with Gasteiger partial charge in [0.1, 0.15) is 5.69 Å². The smallest absolute Gasteiger partial charge is 0.271 e. The topological polar surface area (TPSA) is 85.3 Å². The third-order valence-corrected chi connectivity index (χ3v) is 4.94. The van der Waals surface area contributed by atoms with E-state index >= 15 is 0 Å². The molecule has 0 aliphatic heterocycles. The van der Waals surface area contributed by atoms with E-state index in [9.17, 15) is 4.79 Å². The molecule has 0 unspecified atom stereocenters. The highest BCUT2D eigenvalue weighted by molar-refractivity contribution is 7.13. The van der Waals surface area contributed by atoms with Crippen molar-refractivity contribution >= 4 is 29.1 Å². The standard InChI is InChI=1S/C21H17N5OS/c22-17-10-8-15(9-11-17)21(27)24-23-13-16-14-26(18-5-2-1-3-6-18)25-20(16)19-7-4-12-28-19/h1-14H,22H2,(H,24,27)/b23-13+. The second-order valence-electron chi connectivity index (χ2n) is 6.01. The largest absolute Gasteiger partial charge is 0.399 e. The van der Waals surface area contributed by atoms with Crippen LogP contribution in [0.1, 0.15) is 15.9 Å². The van der Waals surface area contributed by atoms with E-state index in [0.717, 1.165) is 21.8 Å². The normalized spacial score (nSPS) is 11.0. The Kier molecular flexibility index (Phi) is 4.99. The minimum atomic E-state index is -0.302. The number of carbonyl (C=O) groups excluding carboxylic acids is 1. The van der Waals surface area contributed by atoms with Gasteiger partial charge in [-0.15, -0.1) is 11.3 Å². The van der Waals surface area contributed by atoms with Gasteiger partial charge in [0.25, 0.3) is 5.91 Å². The average molecular weight is 387 g/mol. The first kappa shape index (κ1) is 17.7. The monoisotopic (exact) mass is 387 g/mol. The van der Waals surface area contributed by atoms with Crippen LogP contribution in [0.2, 0.25) is 0 Å². The maximum atomic E-state index is 12.2. The van der Waals surface area contributed by atoms with E-state index in [1.807, 2.05) is 54.0 Å². The molecule has 0 aliphatic rings. The number of anilines is 1. The van der Waals surface area contributed by atoms with Crippen LogP contribution in [0, 0.1) is 0 Å². The molecular weight excluding hydrogens is 370 g/mol. The second kappa shape index (κ2) is 7.89. The van der Waals surface area contributed by atoms with Crippen molar-refractivity contribution in [2.75, 3.05) is 5.73 Å². The lowest BCUT2D eigenvalue weighted by Crippen LogP contribution is -2.17. The van der Waals surface area contributed by atoms with Crippen molar-refractivity contribution in [3.8, 4) is 16.3 Å². The van der Waals surface area contributed by atoms with Crippen LogP contribution in [-0.4, -0.2) is 21.9 Å². The lowest BCUT2D eigenvalue weighted by Gasteiger charge is -2.00. The Balaban J connectivity index is 1.59. The van der Waals surface area contributed by atoms with Gasteiger partial charge in [0.05, 0.1) is 16.8 Å². The van der Waals surface area contributed by atoms with E-state index in [-0.39, 0.29) is 5.91 Å². The number of carbonyl (C=O) groups is 1. The van der Waals surface area contributed by atoms with Gasteiger partial charge in [-0.25, -0.2) is 10.1 Å². The Morgan fingerprint density at radius 3 is 2.57 bits per heavy atom. The van der Waals surface area contributed by atoms with Gasteiger partial charge in [0.15, 0.2) is 0 Å². The molecule has 0 aliphatic carbocycles. The van der Waals surface area contributed by atoms with Gasteiger partial charge in [0, 0.05) is 23.0 Å². The number of nitrogens with two attached hydrogens (primary N) is 1. The summed E-state index contributed by atoms with van der Waals surface area (Å²) in [7, 11) is 0. The number of nitrogens with zero attached hydrogens (tertiary/aromatic N) is 3. The molecule has 2 aromatic heterocycles. The average Bonchev–Trinajstić information content (AvgIpc) is 3.39. The van der Waals surface area contributed by atoms with Crippen molar-refractivity contribution in [1.82, 2.24) is 15.2 Å². The van der Waals surface area contributed by atoms with Gasteiger partial charge < -0.3 is 5.73 Å². The summed E-state index contributed by atoms with van der Waals surface area (Å²) in [4.78, 5) is 13.2. The third-order valence-electron chi connectivity index (χ3n) is 4.06. The maximum Gasteiger partial charge on any atom is 0.271 e. The summed E-state index contributed by atoms with van der Waals surface area (Å²) in [5.41, 5.74) is 11.9. The summed E-state index contributed by atoms with van der Waals surface area (Å²) in [5.74, 6) is -0.302. The zero-order valence-corrected chi connectivity index (χ0v) is 15.6. The molecule has 138 valence electrons. The first-order valence-corrected chi connectivity index (χ1v) is 9.46. The van der Waals surface area contributed by atoms with Crippen molar-refractivity contribution in [3.63, 3.8) is 0 Å². The lowest BCUT2D eigenvalue weighted by molar-refractivity contribution is 0.0955. The number of amides is 1. The third kappa shape index (κ3) is 3.84. The van der Waals surface area contributed by atoms with Gasteiger partial charge in [0.2, 0.25) is 0 Å². The number of hydrogen-bond acceptors (Lipinski definition) is 5. The minimum Gasteiger partial charge on any atom is -0.399 e. The number of thiophene rings is 1. The molecule has 0 saturated carbocycles. The fourth-order valence-electron chi connectivity index (χ4n) is 2.66. The number of para-hydroxylation sites is 1. The molecule has 28 heavy (non-hydrogen) atoms. The van der Waals surface area contributed by atoms with Crippen molar-refractivity contribution in [3.05, 3.63) is 89.4 Å². The summed E-state index contributed by atoms with van der Waals surface area (Å²) in [6.07, 6.45) is 3.50. The highest BCUT2D eigenvalue weighted by Crippen LogP contribution is 2.26. The summed E-state index contributed by atoms with van der Waals surface area (Å²) >= 11 is 1.60. The van der Waals surface area contributed by atoms with Crippen LogP contribution in [0.5, 0.6) is 0 Å². The number of nitrogen functional groups attached to an aromatic ring is 1. The molecule has 0 atom stereocenters. The molecule has 4 aromatic rings. The van der Waals surface area contributed by atoms with Crippen molar-refractivity contribution < 1.29 is 4.79 Å². The van der Waals surface area contributed by atoms with Crippen LogP contribution in [0.15, 0.2) is 83.4 Å².